The van der Waals surface area contributed by atoms with Gasteiger partial charge in [-0.15, -0.1) is 0 Å². The molecular weight excluding hydrogens is 813 g/mol. The van der Waals surface area contributed by atoms with Crippen LogP contribution in [-0.4, -0.2) is 82.9 Å². The van der Waals surface area contributed by atoms with Crippen LogP contribution in [0.2, 0.25) is 0 Å². The van der Waals surface area contributed by atoms with Crippen molar-refractivity contribution in [3.8, 4) is 11.8 Å². The van der Waals surface area contributed by atoms with E-state index in [9.17, 15) is 28.8 Å². The number of alkyl carbamates (subject to hydrolysis) is 2. The van der Waals surface area contributed by atoms with Crippen LogP contribution < -0.4 is 21.3 Å². The first-order valence-electron chi connectivity index (χ1n) is 21.8. The molecule has 6 rings (SSSR count). The minimum absolute atomic E-state index is 0.0653. The third kappa shape index (κ3) is 12.7. The van der Waals surface area contributed by atoms with E-state index < -0.39 is 36.4 Å². The van der Waals surface area contributed by atoms with Gasteiger partial charge >= 0.3 is 12.2 Å². The number of nitrogens with one attached hydrogen (secondary N) is 4. The molecular formula is C50H56N6O8. The standard InChI is InChI=1S/C50H56N6O8/c1-33(2)43(53-49(61)63-31-37-15-7-5-8-16-37)47(59)55-27-13-23-41(55)45(57)51-39-21-11-19-35(29-39)25-26-36-20-12-22-40(30-36)52-46(58)42-24-14-28-56(42)48(60)44(34(3)4)54-50(62)64-32-38-17-9-6-10-18-38/h5-12,15-22,29-30,33-34,41-44H,13-14,23-24,27-28,31-32H2,1-4H3,(H,51,57)(H,52,58)(H,53,61)(H,54,62)/t41-,42-,43-,44-/m0/s1. The molecule has 4 aromatic rings. The van der Waals surface area contributed by atoms with Gasteiger partial charge in [-0.05, 0) is 85.0 Å². The first-order valence-corrected chi connectivity index (χ1v) is 21.8. The third-order valence-corrected chi connectivity index (χ3v) is 11.1. The second-order valence-electron chi connectivity index (χ2n) is 16.6. The number of ether oxygens (including phenoxy) is 2. The zero-order valence-electron chi connectivity index (χ0n) is 36.7. The molecule has 334 valence electrons. The van der Waals surface area contributed by atoms with Crippen LogP contribution in [0.3, 0.4) is 0 Å². The van der Waals surface area contributed by atoms with Crippen molar-refractivity contribution in [1.29, 1.82) is 0 Å². The molecule has 2 aliphatic heterocycles. The minimum atomic E-state index is -0.877. The maximum absolute atomic E-state index is 13.8. The molecule has 0 spiro atoms. The van der Waals surface area contributed by atoms with E-state index in [1.165, 1.54) is 9.80 Å². The molecule has 6 amide bonds. The first-order chi connectivity index (χ1) is 30.9. The Hall–Kier alpha value is -7.14. The van der Waals surface area contributed by atoms with Crippen molar-refractivity contribution in [3.63, 3.8) is 0 Å². The summed E-state index contributed by atoms with van der Waals surface area (Å²) in [6.45, 7) is 8.21. The van der Waals surface area contributed by atoms with Gasteiger partial charge < -0.3 is 40.5 Å². The Balaban J connectivity index is 1.03. The number of rotatable bonds is 14. The van der Waals surface area contributed by atoms with Crippen LogP contribution in [0.4, 0.5) is 21.0 Å². The summed E-state index contributed by atoms with van der Waals surface area (Å²) in [5.41, 5.74) is 3.92. The fourth-order valence-corrected chi connectivity index (χ4v) is 7.72. The van der Waals surface area contributed by atoms with Crippen molar-refractivity contribution >= 4 is 47.2 Å². The van der Waals surface area contributed by atoms with Crippen LogP contribution in [0.15, 0.2) is 109 Å². The third-order valence-electron chi connectivity index (χ3n) is 11.1. The van der Waals surface area contributed by atoms with Crippen LogP contribution in [0.5, 0.6) is 0 Å². The molecule has 2 saturated heterocycles. The van der Waals surface area contributed by atoms with Gasteiger partial charge in [0.2, 0.25) is 23.6 Å². The highest BCUT2D eigenvalue weighted by molar-refractivity contribution is 6.00. The molecule has 4 atom stereocenters. The van der Waals surface area contributed by atoms with E-state index >= 15 is 0 Å². The molecule has 4 N–H and O–H groups in total. The highest BCUT2D eigenvalue weighted by Gasteiger charge is 2.40. The fourth-order valence-electron chi connectivity index (χ4n) is 7.72. The molecule has 64 heavy (non-hydrogen) atoms. The maximum atomic E-state index is 13.8. The van der Waals surface area contributed by atoms with E-state index in [1.807, 2.05) is 100 Å². The van der Waals surface area contributed by atoms with Gasteiger partial charge in [-0.3, -0.25) is 19.2 Å². The Bertz CT molecular complexity index is 2180. The molecule has 0 aliphatic carbocycles. The molecule has 0 aromatic heterocycles. The number of carbonyl (C=O) groups excluding carboxylic acids is 6. The number of likely N-dealkylation sites (tertiary alicyclic amines) is 2. The van der Waals surface area contributed by atoms with Gasteiger partial charge in [0.15, 0.2) is 0 Å². The van der Waals surface area contributed by atoms with Crippen molar-refractivity contribution in [1.82, 2.24) is 20.4 Å². The number of nitrogens with zero attached hydrogens (tertiary/aromatic N) is 2. The van der Waals surface area contributed by atoms with E-state index in [-0.39, 0.29) is 48.7 Å². The van der Waals surface area contributed by atoms with Crippen molar-refractivity contribution in [2.24, 2.45) is 11.8 Å². The number of anilines is 2. The van der Waals surface area contributed by atoms with E-state index in [0.717, 1.165) is 11.1 Å². The maximum Gasteiger partial charge on any atom is 0.408 e. The summed E-state index contributed by atoms with van der Waals surface area (Å²) >= 11 is 0. The van der Waals surface area contributed by atoms with Gasteiger partial charge in [-0.25, -0.2) is 9.59 Å². The number of carbonyl (C=O) groups is 6. The van der Waals surface area contributed by atoms with Crippen molar-refractivity contribution in [3.05, 3.63) is 131 Å². The fraction of sp³-hybridized carbons (Fsp3) is 0.360. The number of hydrogen-bond acceptors (Lipinski definition) is 8. The highest BCUT2D eigenvalue weighted by atomic mass is 16.6. The molecule has 0 radical (unpaired) electrons. The Kier molecular flexibility index (Phi) is 16.1. The molecule has 2 fully saturated rings. The Labute approximate surface area is 374 Å². The SMILES string of the molecule is CC(C)[C@H](NC(=O)OCc1ccccc1)C(=O)N1CCC[C@H]1C(=O)Nc1cccc(C#Cc2cccc(NC(=O)[C@@H]3CCCN3C(=O)[C@@H](NC(=O)OCc3ccccc3)C(C)C)c2)c1. The average Bonchev–Trinajstić information content (AvgIpc) is 4.00. The number of amides is 6. The lowest BCUT2D eigenvalue weighted by Crippen LogP contribution is -2.54. The number of benzene rings is 4. The zero-order chi connectivity index (χ0) is 45.6. The molecule has 0 unspecified atom stereocenters. The van der Waals surface area contributed by atoms with Crippen LogP contribution in [0, 0.1) is 23.7 Å². The molecule has 14 nitrogen and oxygen atoms in total. The Morgan fingerprint density at radius 3 is 1.33 bits per heavy atom. The van der Waals surface area contributed by atoms with Gasteiger partial charge in [0, 0.05) is 35.6 Å². The summed E-state index contributed by atoms with van der Waals surface area (Å²) in [6, 6.07) is 29.4. The smallest absolute Gasteiger partial charge is 0.408 e. The average molecular weight is 869 g/mol. The normalized spacial score (nSPS) is 16.5. The summed E-state index contributed by atoms with van der Waals surface area (Å²) in [5.74, 6) is 4.37. The largest absolute Gasteiger partial charge is 0.445 e. The lowest BCUT2D eigenvalue weighted by atomic mass is 10.0. The quantitative estimate of drug-likeness (QED) is 0.0996. The molecule has 2 heterocycles. The van der Waals surface area contributed by atoms with Gasteiger partial charge in [-0.2, -0.15) is 0 Å². The van der Waals surface area contributed by atoms with E-state index in [0.29, 0.717) is 61.3 Å². The summed E-state index contributed by atoms with van der Waals surface area (Å²) < 4.78 is 10.7. The highest BCUT2D eigenvalue weighted by Crippen LogP contribution is 2.24. The summed E-state index contributed by atoms with van der Waals surface area (Å²) in [7, 11) is 0. The lowest BCUT2D eigenvalue weighted by molar-refractivity contribution is -0.139. The van der Waals surface area contributed by atoms with Gasteiger partial charge in [0.25, 0.3) is 0 Å². The summed E-state index contributed by atoms with van der Waals surface area (Å²) in [4.78, 5) is 83.2. The molecule has 2 aliphatic rings. The molecule has 14 heteroatoms. The molecule has 4 aromatic carbocycles. The molecule has 0 saturated carbocycles. The first kappa shape index (κ1) is 46.4. The van der Waals surface area contributed by atoms with Crippen LogP contribution in [0.25, 0.3) is 0 Å². The van der Waals surface area contributed by atoms with Gasteiger partial charge in [0.05, 0.1) is 0 Å². The summed E-state index contributed by atoms with van der Waals surface area (Å²) in [6.07, 6.45) is 0.813. The number of hydrogen-bond donors (Lipinski definition) is 4. The lowest BCUT2D eigenvalue weighted by Gasteiger charge is -2.30. The molecule has 0 bridgehead atoms. The Morgan fingerprint density at radius 2 is 0.953 bits per heavy atom. The van der Waals surface area contributed by atoms with Gasteiger partial charge in [0.1, 0.15) is 37.4 Å². The second-order valence-corrected chi connectivity index (χ2v) is 16.6. The Morgan fingerprint density at radius 1 is 0.562 bits per heavy atom. The van der Waals surface area contributed by atoms with Crippen molar-refractivity contribution < 1.29 is 38.2 Å². The van der Waals surface area contributed by atoms with Gasteiger partial charge in [-0.1, -0.05) is 112 Å². The van der Waals surface area contributed by atoms with Crippen molar-refractivity contribution in [2.75, 3.05) is 23.7 Å². The van der Waals surface area contributed by atoms with Crippen LogP contribution in [-0.2, 0) is 41.9 Å². The minimum Gasteiger partial charge on any atom is -0.445 e. The van der Waals surface area contributed by atoms with E-state index in [2.05, 4.69) is 33.1 Å². The van der Waals surface area contributed by atoms with Crippen LogP contribution >= 0.6 is 0 Å². The van der Waals surface area contributed by atoms with E-state index in [1.54, 1.807) is 36.4 Å². The van der Waals surface area contributed by atoms with Crippen LogP contribution in [0.1, 0.15) is 75.6 Å². The predicted octanol–water partition coefficient (Wildman–Crippen LogP) is 6.85. The topological polar surface area (TPSA) is 175 Å². The monoisotopic (exact) mass is 868 g/mol. The predicted molar refractivity (Wildman–Crippen MR) is 242 cm³/mol. The van der Waals surface area contributed by atoms with Crippen molar-refractivity contribution in [2.45, 2.75) is 90.8 Å². The second kappa shape index (κ2) is 22.3. The zero-order valence-corrected chi connectivity index (χ0v) is 36.7. The summed E-state index contributed by atoms with van der Waals surface area (Å²) in [5, 5.41) is 11.3. The van der Waals surface area contributed by atoms with E-state index in [4.69, 9.17) is 9.47 Å².